The molecular weight excluding hydrogens is 232 g/mol. The van der Waals surface area contributed by atoms with E-state index in [1.165, 1.54) is 23.1 Å². The van der Waals surface area contributed by atoms with E-state index in [2.05, 4.69) is 48.3 Å². The van der Waals surface area contributed by atoms with Crippen molar-refractivity contribution in [1.82, 2.24) is 4.90 Å². The second-order valence-corrected chi connectivity index (χ2v) is 5.50. The first-order valence-electron chi connectivity index (χ1n) is 6.84. The first-order chi connectivity index (χ1) is 9.24. The van der Waals surface area contributed by atoms with Crippen molar-refractivity contribution in [3.63, 3.8) is 0 Å². The van der Waals surface area contributed by atoms with Crippen molar-refractivity contribution in [2.45, 2.75) is 18.9 Å². The molecule has 98 valence electrons. The van der Waals surface area contributed by atoms with Gasteiger partial charge in [0.1, 0.15) is 0 Å². The van der Waals surface area contributed by atoms with Gasteiger partial charge in [0.15, 0.2) is 0 Å². The maximum atomic E-state index is 6.00. The molecule has 0 saturated carbocycles. The van der Waals surface area contributed by atoms with Crippen molar-refractivity contribution < 1.29 is 0 Å². The molecule has 0 spiro atoms. The third kappa shape index (κ3) is 2.49. The first kappa shape index (κ1) is 12.2. The highest BCUT2D eigenvalue weighted by molar-refractivity contribution is 5.46. The van der Waals surface area contributed by atoms with Gasteiger partial charge in [-0.3, -0.25) is 0 Å². The Bertz CT molecular complexity index is 577. The smallest absolute Gasteiger partial charge is 0.0359 e. The molecule has 3 rings (SSSR count). The number of likely N-dealkylation sites (N-methyl/N-ethyl adjacent to an activating group) is 1. The minimum atomic E-state index is 0.686. The third-order valence-corrected chi connectivity index (χ3v) is 3.99. The van der Waals surface area contributed by atoms with E-state index in [4.69, 9.17) is 5.73 Å². The second kappa shape index (κ2) is 5.06. The number of nitrogens with two attached hydrogens (primary N) is 1. The zero-order valence-corrected chi connectivity index (χ0v) is 11.3. The molecule has 19 heavy (non-hydrogen) atoms. The maximum Gasteiger partial charge on any atom is 0.0359 e. The summed E-state index contributed by atoms with van der Waals surface area (Å²) in [6.07, 6.45) is 1.21. The van der Waals surface area contributed by atoms with E-state index in [0.29, 0.717) is 5.92 Å². The van der Waals surface area contributed by atoms with Crippen LogP contribution in [0.1, 0.15) is 22.6 Å². The number of nitrogens with zero attached hydrogens (tertiary/aromatic N) is 1. The van der Waals surface area contributed by atoms with E-state index < -0.39 is 0 Å². The Morgan fingerprint density at radius 2 is 1.84 bits per heavy atom. The quantitative estimate of drug-likeness (QED) is 0.847. The molecule has 2 aromatic carbocycles. The van der Waals surface area contributed by atoms with E-state index in [1.807, 2.05) is 12.1 Å². The van der Waals surface area contributed by atoms with Crippen molar-refractivity contribution in [3.8, 4) is 0 Å². The highest BCUT2D eigenvalue weighted by Crippen LogP contribution is 2.35. The van der Waals surface area contributed by atoms with Crippen LogP contribution >= 0.6 is 0 Å². The van der Waals surface area contributed by atoms with E-state index >= 15 is 0 Å². The number of para-hydroxylation sites is 1. The fraction of sp³-hybridized carbons (Fsp3) is 0.294. The van der Waals surface area contributed by atoms with Gasteiger partial charge in [0, 0.05) is 24.7 Å². The van der Waals surface area contributed by atoms with Crippen LogP contribution in [0.3, 0.4) is 0 Å². The summed E-state index contributed by atoms with van der Waals surface area (Å²) >= 11 is 0. The van der Waals surface area contributed by atoms with Crippen LogP contribution < -0.4 is 5.73 Å². The van der Waals surface area contributed by atoms with Crippen LogP contribution in [0.25, 0.3) is 0 Å². The SMILES string of the molecule is CN(Cc1ccccc1N)CC1Cc2ccccc21. The van der Waals surface area contributed by atoms with Gasteiger partial charge in [-0.05, 0) is 36.2 Å². The number of benzene rings is 2. The topological polar surface area (TPSA) is 29.3 Å². The summed E-state index contributed by atoms with van der Waals surface area (Å²) in [6, 6.07) is 16.9. The molecule has 0 amide bonds. The monoisotopic (exact) mass is 252 g/mol. The number of hydrogen-bond donors (Lipinski definition) is 1. The van der Waals surface area contributed by atoms with Crippen molar-refractivity contribution in [2.24, 2.45) is 0 Å². The Hall–Kier alpha value is -1.80. The maximum absolute atomic E-state index is 6.00. The standard InChI is InChI=1S/C17H20N2/c1-19(11-14-7-3-5-9-17(14)18)12-15-10-13-6-2-4-8-16(13)15/h2-9,15H,10-12,18H2,1H3. The Balaban J connectivity index is 1.62. The van der Waals surface area contributed by atoms with E-state index in [0.717, 1.165) is 18.8 Å². The molecule has 0 heterocycles. The summed E-state index contributed by atoms with van der Waals surface area (Å²) in [6.45, 7) is 2.02. The molecule has 0 saturated heterocycles. The molecule has 0 fully saturated rings. The molecule has 1 aliphatic carbocycles. The van der Waals surface area contributed by atoms with Gasteiger partial charge in [-0.2, -0.15) is 0 Å². The Kier molecular flexibility index (Phi) is 3.26. The average molecular weight is 252 g/mol. The molecule has 2 aromatic rings. The minimum absolute atomic E-state index is 0.686. The lowest BCUT2D eigenvalue weighted by Gasteiger charge is -2.33. The van der Waals surface area contributed by atoms with Gasteiger partial charge in [-0.1, -0.05) is 42.5 Å². The zero-order valence-electron chi connectivity index (χ0n) is 11.3. The number of hydrogen-bond acceptors (Lipinski definition) is 2. The molecule has 1 atom stereocenters. The highest BCUT2D eigenvalue weighted by Gasteiger charge is 2.26. The zero-order chi connectivity index (χ0) is 13.2. The normalized spacial score (nSPS) is 17.1. The second-order valence-electron chi connectivity index (χ2n) is 5.50. The van der Waals surface area contributed by atoms with Gasteiger partial charge >= 0.3 is 0 Å². The van der Waals surface area contributed by atoms with Crippen LogP contribution in [0.5, 0.6) is 0 Å². The van der Waals surface area contributed by atoms with Gasteiger partial charge in [-0.15, -0.1) is 0 Å². The molecule has 1 unspecified atom stereocenters. The molecule has 1 aliphatic rings. The predicted octanol–water partition coefficient (Wildman–Crippen LogP) is 3.04. The summed E-state index contributed by atoms with van der Waals surface area (Å²) in [5.41, 5.74) is 11.1. The number of rotatable bonds is 4. The van der Waals surface area contributed by atoms with Gasteiger partial charge in [0.2, 0.25) is 0 Å². The summed E-state index contributed by atoms with van der Waals surface area (Å²) in [4.78, 5) is 2.37. The van der Waals surface area contributed by atoms with Gasteiger partial charge < -0.3 is 10.6 Å². The molecule has 0 aromatic heterocycles. The third-order valence-electron chi connectivity index (χ3n) is 3.99. The number of anilines is 1. The number of nitrogen functional groups attached to an aromatic ring is 1. The fourth-order valence-corrected chi connectivity index (χ4v) is 2.94. The summed E-state index contributed by atoms with van der Waals surface area (Å²) < 4.78 is 0. The molecule has 0 radical (unpaired) electrons. The summed E-state index contributed by atoms with van der Waals surface area (Å²) in [5.74, 6) is 0.686. The average Bonchev–Trinajstić information content (AvgIpc) is 2.39. The van der Waals surface area contributed by atoms with Crippen LogP contribution in [0.2, 0.25) is 0 Å². The Morgan fingerprint density at radius 3 is 2.63 bits per heavy atom. The van der Waals surface area contributed by atoms with E-state index in [1.54, 1.807) is 0 Å². The van der Waals surface area contributed by atoms with E-state index in [9.17, 15) is 0 Å². The van der Waals surface area contributed by atoms with Crippen molar-refractivity contribution in [2.75, 3.05) is 19.3 Å². The molecule has 2 heteroatoms. The van der Waals surface area contributed by atoms with Crippen LogP contribution in [0.15, 0.2) is 48.5 Å². The highest BCUT2D eigenvalue weighted by atomic mass is 15.1. The van der Waals surface area contributed by atoms with Gasteiger partial charge in [-0.25, -0.2) is 0 Å². The molecule has 2 nitrogen and oxygen atoms in total. The lowest BCUT2D eigenvalue weighted by molar-refractivity contribution is 0.292. The first-order valence-corrected chi connectivity index (χ1v) is 6.84. The fourth-order valence-electron chi connectivity index (χ4n) is 2.94. The molecule has 0 bridgehead atoms. The summed E-state index contributed by atoms with van der Waals surface area (Å²) in [7, 11) is 2.17. The number of fused-ring (bicyclic) bond motifs is 1. The predicted molar refractivity (Wildman–Crippen MR) is 80.1 cm³/mol. The van der Waals surface area contributed by atoms with Crippen molar-refractivity contribution in [1.29, 1.82) is 0 Å². The Labute approximate surface area is 114 Å². The Morgan fingerprint density at radius 1 is 1.11 bits per heavy atom. The van der Waals surface area contributed by atoms with Crippen LogP contribution in [-0.2, 0) is 13.0 Å². The van der Waals surface area contributed by atoms with Crippen LogP contribution in [-0.4, -0.2) is 18.5 Å². The minimum Gasteiger partial charge on any atom is -0.398 e. The lowest BCUT2D eigenvalue weighted by Crippen LogP contribution is -2.30. The largest absolute Gasteiger partial charge is 0.398 e. The van der Waals surface area contributed by atoms with Gasteiger partial charge in [0.05, 0.1) is 0 Å². The van der Waals surface area contributed by atoms with Crippen molar-refractivity contribution in [3.05, 3.63) is 65.2 Å². The van der Waals surface area contributed by atoms with Crippen LogP contribution in [0, 0.1) is 0 Å². The summed E-state index contributed by atoms with van der Waals surface area (Å²) in [5, 5.41) is 0. The molecule has 0 aliphatic heterocycles. The molecular formula is C17H20N2. The van der Waals surface area contributed by atoms with E-state index in [-0.39, 0.29) is 0 Å². The lowest BCUT2D eigenvalue weighted by atomic mass is 9.77. The molecule has 2 N–H and O–H groups in total. The van der Waals surface area contributed by atoms with Gasteiger partial charge in [0.25, 0.3) is 0 Å². The van der Waals surface area contributed by atoms with Crippen LogP contribution in [0.4, 0.5) is 5.69 Å². The van der Waals surface area contributed by atoms with Crippen molar-refractivity contribution >= 4 is 5.69 Å².